The average molecular weight is 282 g/mol. The molecule has 0 unspecified atom stereocenters. The van der Waals surface area contributed by atoms with Gasteiger partial charge >= 0.3 is 0 Å². The van der Waals surface area contributed by atoms with Crippen molar-refractivity contribution in [2.75, 3.05) is 29.2 Å². The highest BCUT2D eigenvalue weighted by Gasteiger charge is 2.17. The zero-order valence-electron chi connectivity index (χ0n) is 11.6. The van der Waals surface area contributed by atoms with E-state index in [1.165, 1.54) is 12.8 Å². The van der Waals surface area contributed by atoms with Crippen LogP contribution in [0.25, 0.3) is 0 Å². The third-order valence-electron chi connectivity index (χ3n) is 3.05. The molecule has 19 heavy (non-hydrogen) atoms. The maximum atomic E-state index is 5.43. The summed E-state index contributed by atoms with van der Waals surface area (Å²) in [6.45, 7) is 6.47. The van der Waals surface area contributed by atoms with E-state index in [4.69, 9.17) is 5.84 Å². The first-order chi connectivity index (χ1) is 9.19. The lowest BCUT2D eigenvalue weighted by molar-refractivity contribution is 0.631. The zero-order chi connectivity index (χ0) is 13.7. The van der Waals surface area contributed by atoms with Crippen LogP contribution in [0, 0.1) is 5.92 Å². The van der Waals surface area contributed by atoms with Crippen LogP contribution in [-0.4, -0.2) is 33.8 Å². The Labute approximate surface area is 118 Å². The smallest absolute Gasteiger partial charge is 0.242 e. The minimum atomic E-state index is 0.448. The highest BCUT2D eigenvalue weighted by Crippen LogP contribution is 2.22. The predicted octanol–water partition coefficient (Wildman–Crippen LogP) is 1.90. The van der Waals surface area contributed by atoms with Gasteiger partial charge in [-0.05, 0) is 25.2 Å². The standard InChI is InChI=1S/C12H22N6S/c1-9(2)5-8-19-12-15-10(17-13)14-11(16-12)18-6-3-4-7-18/h9H,3-8,13H2,1-2H3,(H,14,15,16,17). The van der Waals surface area contributed by atoms with Crippen LogP contribution in [0.3, 0.4) is 0 Å². The summed E-state index contributed by atoms with van der Waals surface area (Å²) in [6.07, 6.45) is 3.56. The summed E-state index contributed by atoms with van der Waals surface area (Å²) in [6, 6.07) is 0. The number of nitrogens with one attached hydrogen (secondary N) is 1. The third-order valence-corrected chi connectivity index (χ3v) is 3.93. The van der Waals surface area contributed by atoms with Gasteiger partial charge in [0, 0.05) is 18.8 Å². The van der Waals surface area contributed by atoms with E-state index in [9.17, 15) is 0 Å². The van der Waals surface area contributed by atoms with Gasteiger partial charge in [0.2, 0.25) is 11.9 Å². The van der Waals surface area contributed by atoms with Gasteiger partial charge in [-0.15, -0.1) is 0 Å². The number of thioether (sulfide) groups is 1. The van der Waals surface area contributed by atoms with E-state index in [0.29, 0.717) is 11.9 Å². The van der Waals surface area contributed by atoms with Crippen LogP contribution in [0.2, 0.25) is 0 Å². The highest BCUT2D eigenvalue weighted by molar-refractivity contribution is 7.99. The molecule has 0 bridgehead atoms. The van der Waals surface area contributed by atoms with Crippen LogP contribution >= 0.6 is 11.8 Å². The van der Waals surface area contributed by atoms with Gasteiger partial charge in [-0.25, -0.2) is 5.84 Å². The monoisotopic (exact) mass is 282 g/mol. The molecule has 0 amide bonds. The summed E-state index contributed by atoms with van der Waals surface area (Å²) < 4.78 is 0. The lowest BCUT2D eigenvalue weighted by Crippen LogP contribution is -2.22. The first kappa shape index (κ1) is 14.3. The van der Waals surface area contributed by atoms with Crippen molar-refractivity contribution in [3.05, 3.63) is 0 Å². The molecule has 2 heterocycles. The Balaban J connectivity index is 2.06. The maximum Gasteiger partial charge on any atom is 0.242 e. The Bertz CT molecular complexity index is 405. The van der Waals surface area contributed by atoms with E-state index in [1.807, 2.05) is 0 Å². The van der Waals surface area contributed by atoms with E-state index in [0.717, 1.165) is 36.4 Å². The number of anilines is 2. The molecule has 0 aromatic carbocycles. The van der Waals surface area contributed by atoms with Crippen molar-refractivity contribution >= 4 is 23.7 Å². The second-order valence-electron chi connectivity index (χ2n) is 5.11. The second-order valence-corrected chi connectivity index (χ2v) is 6.17. The average Bonchev–Trinajstić information content (AvgIpc) is 2.92. The van der Waals surface area contributed by atoms with E-state index in [1.54, 1.807) is 11.8 Å². The fraction of sp³-hybridized carbons (Fsp3) is 0.750. The Morgan fingerprint density at radius 3 is 2.63 bits per heavy atom. The van der Waals surface area contributed by atoms with Crippen molar-refractivity contribution in [2.24, 2.45) is 11.8 Å². The molecular weight excluding hydrogens is 260 g/mol. The number of hydrazine groups is 1. The third kappa shape index (κ3) is 4.21. The molecule has 0 saturated carbocycles. The number of nitrogen functional groups attached to an aromatic ring is 1. The van der Waals surface area contributed by atoms with E-state index in [-0.39, 0.29) is 0 Å². The van der Waals surface area contributed by atoms with Gasteiger partial charge in [0.15, 0.2) is 5.16 Å². The minimum absolute atomic E-state index is 0.448. The SMILES string of the molecule is CC(C)CCSc1nc(NN)nc(N2CCCC2)n1. The molecule has 1 aliphatic rings. The normalized spacial score (nSPS) is 15.3. The number of aromatic nitrogens is 3. The fourth-order valence-corrected chi connectivity index (χ4v) is 2.99. The van der Waals surface area contributed by atoms with Crippen LogP contribution in [0.1, 0.15) is 33.1 Å². The first-order valence-corrected chi connectivity index (χ1v) is 7.78. The molecule has 3 N–H and O–H groups in total. The van der Waals surface area contributed by atoms with Gasteiger partial charge < -0.3 is 4.90 Å². The van der Waals surface area contributed by atoms with Crippen molar-refractivity contribution in [1.82, 2.24) is 15.0 Å². The Hall–Kier alpha value is -1.08. The first-order valence-electron chi connectivity index (χ1n) is 6.79. The van der Waals surface area contributed by atoms with Gasteiger partial charge in [-0.1, -0.05) is 25.6 Å². The quantitative estimate of drug-likeness (QED) is 0.468. The van der Waals surface area contributed by atoms with Crippen molar-refractivity contribution in [2.45, 2.75) is 38.3 Å². The summed E-state index contributed by atoms with van der Waals surface area (Å²) in [7, 11) is 0. The van der Waals surface area contributed by atoms with Crippen LogP contribution in [0.4, 0.5) is 11.9 Å². The van der Waals surface area contributed by atoms with Gasteiger partial charge in [0.05, 0.1) is 0 Å². The molecule has 6 nitrogen and oxygen atoms in total. The highest BCUT2D eigenvalue weighted by atomic mass is 32.2. The molecule has 0 aliphatic carbocycles. The number of hydrogen-bond acceptors (Lipinski definition) is 7. The second kappa shape index (κ2) is 6.91. The van der Waals surface area contributed by atoms with E-state index < -0.39 is 0 Å². The minimum Gasteiger partial charge on any atom is -0.341 e. The van der Waals surface area contributed by atoms with Gasteiger partial charge in [-0.3, -0.25) is 5.43 Å². The van der Waals surface area contributed by atoms with Crippen molar-refractivity contribution in [3.8, 4) is 0 Å². The number of nitrogens with zero attached hydrogens (tertiary/aromatic N) is 4. The van der Waals surface area contributed by atoms with Crippen LogP contribution < -0.4 is 16.2 Å². The number of nitrogens with two attached hydrogens (primary N) is 1. The van der Waals surface area contributed by atoms with Gasteiger partial charge in [-0.2, -0.15) is 15.0 Å². The summed E-state index contributed by atoms with van der Waals surface area (Å²) in [5, 5.41) is 0.755. The van der Waals surface area contributed by atoms with Crippen molar-refractivity contribution < 1.29 is 0 Å². The lowest BCUT2D eigenvalue weighted by Gasteiger charge is -2.16. The number of hydrogen-bond donors (Lipinski definition) is 2. The summed E-state index contributed by atoms with van der Waals surface area (Å²) in [5.74, 6) is 8.34. The van der Waals surface area contributed by atoms with Crippen molar-refractivity contribution in [1.29, 1.82) is 0 Å². The molecule has 0 radical (unpaired) electrons. The van der Waals surface area contributed by atoms with Crippen LogP contribution in [-0.2, 0) is 0 Å². The molecule has 7 heteroatoms. The molecule has 2 rings (SSSR count). The Morgan fingerprint density at radius 1 is 1.26 bits per heavy atom. The molecule has 106 valence electrons. The Kier molecular flexibility index (Phi) is 5.21. The molecule has 1 aliphatic heterocycles. The number of rotatable bonds is 6. The Morgan fingerprint density at radius 2 is 2.00 bits per heavy atom. The molecule has 1 aromatic rings. The molecule has 1 saturated heterocycles. The molecule has 1 fully saturated rings. The predicted molar refractivity (Wildman–Crippen MR) is 79.3 cm³/mol. The van der Waals surface area contributed by atoms with Crippen LogP contribution in [0.5, 0.6) is 0 Å². The maximum absolute atomic E-state index is 5.43. The lowest BCUT2D eigenvalue weighted by atomic mass is 10.2. The topological polar surface area (TPSA) is 80.0 Å². The van der Waals surface area contributed by atoms with E-state index in [2.05, 4.69) is 39.1 Å². The largest absolute Gasteiger partial charge is 0.341 e. The zero-order valence-corrected chi connectivity index (χ0v) is 12.4. The molecular formula is C12H22N6S. The summed E-state index contributed by atoms with van der Waals surface area (Å²) in [5.41, 5.74) is 2.53. The summed E-state index contributed by atoms with van der Waals surface area (Å²) in [4.78, 5) is 15.4. The van der Waals surface area contributed by atoms with Crippen molar-refractivity contribution in [3.63, 3.8) is 0 Å². The van der Waals surface area contributed by atoms with Gasteiger partial charge in [0.1, 0.15) is 0 Å². The summed E-state index contributed by atoms with van der Waals surface area (Å²) >= 11 is 1.67. The molecule has 0 spiro atoms. The van der Waals surface area contributed by atoms with E-state index >= 15 is 0 Å². The van der Waals surface area contributed by atoms with Crippen LogP contribution in [0.15, 0.2) is 5.16 Å². The van der Waals surface area contributed by atoms with Gasteiger partial charge in [0.25, 0.3) is 0 Å². The molecule has 0 atom stereocenters. The fourth-order valence-electron chi connectivity index (χ4n) is 1.92. The molecule has 1 aromatic heterocycles.